The molecule has 8 nitrogen and oxygen atoms in total. The van der Waals surface area contributed by atoms with Crippen LogP contribution >= 0.6 is 0 Å². The maximum absolute atomic E-state index is 13.8. The Morgan fingerprint density at radius 1 is 1.48 bits per heavy atom. The summed E-state index contributed by atoms with van der Waals surface area (Å²) in [4.78, 5) is 11.8. The van der Waals surface area contributed by atoms with Crippen molar-refractivity contribution in [2.45, 2.75) is 19.4 Å². The lowest BCUT2D eigenvalue weighted by Gasteiger charge is -2.13. The second kappa shape index (κ2) is 7.52. The molecule has 2 rings (SSSR count). The highest BCUT2D eigenvalue weighted by Crippen LogP contribution is 2.16. The fourth-order valence-electron chi connectivity index (χ4n) is 2.08. The van der Waals surface area contributed by atoms with Crippen LogP contribution in [0.3, 0.4) is 0 Å². The smallest absolute Gasteiger partial charge is 0.315 e. The summed E-state index contributed by atoms with van der Waals surface area (Å²) in [5, 5.41) is 16.4. The van der Waals surface area contributed by atoms with Crippen LogP contribution in [-0.4, -0.2) is 39.9 Å². The summed E-state index contributed by atoms with van der Waals surface area (Å²) in [7, 11) is 3.17. The van der Waals surface area contributed by atoms with Crippen LogP contribution in [0.4, 0.5) is 9.18 Å². The van der Waals surface area contributed by atoms with E-state index in [4.69, 9.17) is 4.74 Å². The lowest BCUT2D eigenvalue weighted by atomic mass is 10.1. The fourth-order valence-corrected chi connectivity index (χ4v) is 2.08. The number of carbonyl (C=O) groups excluding carboxylic acids is 1. The highest BCUT2D eigenvalue weighted by molar-refractivity contribution is 5.74. The van der Waals surface area contributed by atoms with Gasteiger partial charge in [-0.2, -0.15) is 0 Å². The Bertz CT molecular complexity index is 675. The number of hydrogen-bond acceptors (Lipinski definition) is 5. The number of carbonyl (C=O) groups is 1. The Balaban J connectivity index is 1.80. The number of halogens is 1. The quantitative estimate of drug-likeness (QED) is 0.826. The molecular weight excluding hydrogens is 303 g/mol. The van der Waals surface area contributed by atoms with Gasteiger partial charge in [0.1, 0.15) is 11.6 Å². The van der Waals surface area contributed by atoms with E-state index in [2.05, 4.69) is 26.2 Å². The van der Waals surface area contributed by atoms with Crippen molar-refractivity contribution in [3.05, 3.63) is 35.4 Å². The maximum Gasteiger partial charge on any atom is 0.315 e. The predicted molar refractivity (Wildman–Crippen MR) is 80.4 cm³/mol. The molecular formula is C14H19FN6O2. The third kappa shape index (κ3) is 4.38. The van der Waals surface area contributed by atoms with Crippen molar-refractivity contribution in [1.82, 2.24) is 30.8 Å². The monoisotopic (exact) mass is 322 g/mol. The number of urea groups is 1. The fraction of sp³-hybridized carbons (Fsp3) is 0.429. The summed E-state index contributed by atoms with van der Waals surface area (Å²) < 4.78 is 20.2. The Hall–Kier alpha value is -2.71. The molecule has 9 heteroatoms. The number of aryl methyl sites for hydroxylation is 1. The van der Waals surface area contributed by atoms with E-state index in [-0.39, 0.29) is 17.9 Å². The second-order valence-electron chi connectivity index (χ2n) is 4.99. The molecule has 0 aliphatic carbocycles. The van der Waals surface area contributed by atoms with E-state index >= 15 is 0 Å². The van der Waals surface area contributed by atoms with Crippen LogP contribution in [0.2, 0.25) is 0 Å². The third-order valence-electron chi connectivity index (χ3n) is 3.33. The van der Waals surface area contributed by atoms with Crippen LogP contribution in [0, 0.1) is 5.82 Å². The van der Waals surface area contributed by atoms with Gasteiger partial charge in [-0.1, -0.05) is 6.07 Å². The SMILES string of the molecule is COc1ccc(CCNC(=O)N[C@@H](C)c2nnnn2C)c(F)c1. The Kier molecular flexibility index (Phi) is 5.45. The summed E-state index contributed by atoms with van der Waals surface area (Å²) in [6.07, 6.45) is 0.378. The van der Waals surface area contributed by atoms with Crippen molar-refractivity contribution in [3.63, 3.8) is 0 Å². The standard InChI is InChI=1S/C14H19FN6O2/c1-9(13-18-19-20-21(13)2)17-14(22)16-7-6-10-4-5-11(23-3)8-12(10)15/h4-5,8-9H,6-7H2,1-3H3,(H2,16,17,22)/t9-/m0/s1. The normalized spacial score (nSPS) is 11.8. The van der Waals surface area contributed by atoms with Crippen molar-refractivity contribution in [2.24, 2.45) is 7.05 Å². The largest absolute Gasteiger partial charge is 0.497 e. The molecule has 0 saturated carbocycles. The molecule has 2 N–H and O–H groups in total. The molecule has 1 aromatic carbocycles. The van der Waals surface area contributed by atoms with Crippen molar-refractivity contribution < 1.29 is 13.9 Å². The van der Waals surface area contributed by atoms with Gasteiger partial charge in [-0.3, -0.25) is 0 Å². The van der Waals surface area contributed by atoms with E-state index < -0.39 is 0 Å². The van der Waals surface area contributed by atoms with Gasteiger partial charge in [0.2, 0.25) is 0 Å². The summed E-state index contributed by atoms with van der Waals surface area (Å²) in [6, 6.07) is 3.93. The summed E-state index contributed by atoms with van der Waals surface area (Å²) in [5.74, 6) is 0.648. The number of ether oxygens (including phenoxy) is 1. The average molecular weight is 322 g/mol. The number of benzene rings is 1. The van der Waals surface area contributed by atoms with Gasteiger partial charge in [0, 0.05) is 19.7 Å². The highest BCUT2D eigenvalue weighted by atomic mass is 19.1. The first-order chi connectivity index (χ1) is 11.0. The molecule has 124 valence electrons. The molecule has 1 atom stereocenters. The number of nitrogens with one attached hydrogen (secondary N) is 2. The Morgan fingerprint density at radius 2 is 2.26 bits per heavy atom. The molecule has 1 aromatic heterocycles. The van der Waals surface area contributed by atoms with Crippen molar-refractivity contribution in [3.8, 4) is 5.75 Å². The molecule has 1 heterocycles. The number of rotatable bonds is 6. The molecule has 0 aliphatic rings. The molecule has 0 saturated heterocycles. The van der Waals surface area contributed by atoms with Gasteiger partial charge in [0.25, 0.3) is 0 Å². The van der Waals surface area contributed by atoms with Crippen LogP contribution in [-0.2, 0) is 13.5 Å². The van der Waals surface area contributed by atoms with Gasteiger partial charge < -0.3 is 15.4 Å². The average Bonchev–Trinajstić information content (AvgIpc) is 2.95. The van der Waals surface area contributed by atoms with Crippen molar-refractivity contribution >= 4 is 6.03 Å². The van der Waals surface area contributed by atoms with E-state index in [1.807, 2.05) is 0 Å². The minimum atomic E-state index is -0.366. The minimum Gasteiger partial charge on any atom is -0.497 e. The Labute approximate surface area is 133 Å². The van der Waals surface area contributed by atoms with E-state index in [1.54, 1.807) is 26.1 Å². The molecule has 0 bridgehead atoms. The number of tetrazole rings is 1. The maximum atomic E-state index is 13.8. The van der Waals surface area contributed by atoms with Gasteiger partial charge in [-0.05, 0) is 35.4 Å². The lowest BCUT2D eigenvalue weighted by Crippen LogP contribution is -2.38. The first kappa shape index (κ1) is 16.7. The van der Waals surface area contributed by atoms with Crippen LogP contribution < -0.4 is 15.4 Å². The van der Waals surface area contributed by atoms with E-state index in [1.165, 1.54) is 17.9 Å². The predicted octanol–water partition coefficient (Wildman–Crippen LogP) is 0.961. The summed E-state index contributed by atoms with van der Waals surface area (Å²) in [6.45, 7) is 2.08. The minimum absolute atomic E-state index is 0.304. The third-order valence-corrected chi connectivity index (χ3v) is 3.33. The topological polar surface area (TPSA) is 94.0 Å². The number of amides is 2. The zero-order chi connectivity index (χ0) is 16.8. The van der Waals surface area contributed by atoms with Crippen LogP contribution in [0.1, 0.15) is 24.4 Å². The van der Waals surface area contributed by atoms with Crippen molar-refractivity contribution in [1.29, 1.82) is 0 Å². The van der Waals surface area contributed by atoms with Crippen LogP contribution in [0.15, 0.2) is 18.2 Å². The number of hydrogen-bond donors (Lipinski definition) is 2. The molecule has 0 unspecified atom stereocenters. The van der Waals surface area contributed by atoms with E-state index in [0.717, 1.165) is 0 Å². The molecule has 0 spiro atoms. The molecule has 0 radical (unpaired) electrons. The molecule has 23 heavy (non-hydrogen) atoms. The first-order valence-corrected chi connectivity index (χ1v) is 7.10. The summed E-state index contributed by atoms with van der Waals surface area (Å²) >= 11 is 0. The van der Waals surface area contributed by atoms with Gasteiger partial charge in [0.05, 0.1) is 13.2 Å². The Morgan fingerprint density at radius 3 is 2.87 bits per heavy atom. The highest BCUT2D eigenvalue weighted by Gasteiger charge is 2.14. The van der Waals surface area contributed by atoms with Gasteiger partial charge in [0.15, 0.2) is 5.82 Å². The van der Waals surface area contributed by atoms with Crippen LogP contribution in [0.5, 0.6) is 5.75 Å². The van der Waals surface area contributed by atoms with Gasteiger partial charge >= 0.3 is 6.03 Å². The zero-order valence-electron chi connectivity index (χ0n) is 13.2. The number of aromatic nitrogens is 4. The number of methoxy groups -OCH3 is 1. The first-order valence-electron chi connectivity index (χ1n) is 7.10. The number of nitrogens with zero attached hydrogens (tertiary/aromatic N) is 4. The van der Waals surface area contributed by atoms with E-state index in [0.29, 0.717) is 30.1 Å². The van der Waals surface area contributed by atoms with E-state index in [9.17, 15) is 9.18 Å². The van der Waals surface area contributed by atoms with Crippen molar-refractivity contribution in [2.75, 3.05) is 13.7 Å². The van der Waals surface area contributed by atoms with Gasteiger partial charge in [-0.25, -0.2) is 13.9 Å². The lowest BCUT2D eigenvalue weighted by molar-refractivity contribution is 0.237. The van der Waals surface area contributed by atoms with Crippen LogP contribution in [0.25, 0.3) is 0 Å². The molecule has 0 fully saturated rings. The summed E-state index contributed by atoms with van der Waals surface area (Å²) in [5.41, 5.74) is 0.511. The second-order valence-corrected chi connectivity index (χ2v) is 4.99. The zero-order valence-corrected chi connectivity index (χ0v) is 13.2. The molecule has 0 aliphatic heterocycles. The molecule has 2 amide bonds. The molecule has 2 aromatic rings. The van der Waals surface area contributed by atoms with Gasteiger partial charge in [-0.15, -0.1) is 5.10 Å².